The van der Waals surface area contributed by atoms with Crippen molar-refractivity contribution in [1.29, 1.82) is 0 Å². The fraction of sp³-hybridized carbons (Fsp3) is 0.875. The summed E-state index contributed by atoms with van der Waals surface area (Å²) in [5.41, 5.74) is 0. The topological polar surface area (TPSA) is 66.8 Å². The Morgan fingerprint density at radius 1 is 1.33 bits per heavy atom. The molecule has 2 fully saturated rings. The van der Waals surface area contributed by atoms with Gasteiger partial charge in [-0.25, -0.2) is 0 Å². The van der Waals surface area contributed by atoms with E-state index < -0.39 is 18.1 Å². The average molecular weight is 172 g/mol. The molecule has 0 aromatic heterocycles. The van der Waals surface area contributed by atoms with Crippen LogP contribution in [0.4, 0.5) is 0 Å². The number of hydrogen-bond donors (Lipinski definition) is 2. The number of esters is 1. The second kappa shape index (κ2) is 2.71. The van der Waals surface area contributed by atoms with Gasteiger partial charge in [-0.3, -0.25) is 4.79 Å². The fourth-order valence-electron chi connectivity index (χ4n) is 2.19. The third-order valence-corrected chi connectivity index (χ3v) is 2.82. The van der Waals surface area contributed by atoms with E-state index in [1.807, 2.05) is 0 Å². The summed E-state index contributed by atoms with van der Waals surface area (Å²) in [4.78, 5) is 11.1. The molecular formula is C8H12O4. The van der Waals surface area contributed by atoms with Crippen LogP contribution < -0.4 is 0 Å². The summed E-state index contributed by atoms with van der Waals surface area (Å²) in [6, 6.07) is 0. The maximum absolute atomic E-state index is 11.1. The molecule has 1 saturated heterocycles. The average Bonchev–Trinajstić information content (AvgIpc) is 2.29. The summed E-state index contributed by atoms with van der Waals surface area (Å²) in [5.74, 6) is -0.912. The van der Waals surface area contributed by atoms with E-state index in [-0.39, 0.29) is 11.9 Å². The van der Waals surface area contributed by atoms with E-state index in [0.29, 0.717) is 19.4 Å². The van der Waals surface area contributed by atoms with Crippen molar-refractivity contribution < 1.29 is 19.7 Å². The predicted octanol–water partition coefficient (Wildman–Crippen LogP) is -0.709. The molecule has 0 spiro atoms. The molecule has 2 N–H and O–H groups in total. The number of aliphatic hydroxyl groups excluding tert-OH is 2. The first kappa shape index (κ1) is 8.01. The van der Waals surface area contributed by atoms with E-state index in [0.717, 1.165) is 0 Å². The molecule has 4 nitrogen and oxygen atoms in total. The molecule has 2 rings (SSSR count). The molecule has 0 amide bonds. The lowest BCUT2D eigenvalue weighted by molar-refractivity contribution is -0.160. The lowest BCUT2D eigenvalue weighted by Gasteiger charge is -2.26. The minimum atomic E-state index is -0.710. The van der Waals surface area contributed by atoms with Crippen LogP contribution in [0.3, 0.4) is 0 Å². The van der Waals surface area contributed by atoms with Crippen molar-refractivity contribution in [3.8, 4) is 0 Å². The van der Waals surface area contributed by atoms with E-state index in [4.69, 9.17) is 4.74 Å². The van der Waals surface area contributed by atoms with Gasteiger partial charge >= 0.3 is 5.97 Å². The van der Waals surface area contributed by atoms with Gasteiger partial charge in [0.2, 0.25) is 0 Å². The Bertz CT molecular complexity index is 203. The van der Waals surface area contributed by atoms with E-state index in [1.54, 1.807) is 0 Å². The summed E-state index contributed by atoms with van der Waals surface area (Å²) in [5, 5.41) is 18.8. The first-order valence-electron chi connectivity index (χ1n) is 4.23. The van der Waals surface area contributed by atoms with Gasteiger partial charge in [-0.1, -0.05) is 0 Å². The molecule has 1 saturated carbocycles. The molecular weight excluding hydrogens is 160 g/mol. The van der Waals surface area contributed by atoms with Crippen molar-refractivity contribution in [3.05, 3.63) is 0 Å². The number of hydrogen-bond acceptors (Lipinski definition) is 4. The maximum Gasteiger partial charge on any atom is 0.311 e. The van der Waals surface area contributed by atoms with Crippen molar-refractivity contribution in [3.63, 3.8) is 0 Å². The van der Waals surface area contributed by atoms with Crippen LogP contribution in [0.2, 0.25) is 0 Å². The molecule has 2 aliphatic rings. The summed E-state index contributed by atoms with van der Waals surface area (Å²) >= 11 is 0. The Balaban J connectivity index is 2.19. The van der Waals surface area contributed by atoms with Gasteiger partial charge in [0.15, 0.2) is 0 Å². The van der Waals surface area contributed by atoms with Gasteiger partial charge in [-0.15, -0.1) is 0 Å². The second-order valence-electron chi connectivity index (χ2n) is 3.52. The van der Waals surface area contributed by atoms with E-state index in [1.165, 1.54) is 0 Å². The lowest BCUT2D eigenvalue weighted by Crippen LogP contribution is -2.36. The van der Waals surface area contributed by atoms with Crippen LogP contribution >= 0.6 is 0 Å². The Labute approximate surface area is 70.1 Å². The first-order chi connectivity index (χ1) is 5.70. The van der Waals surface area contributed by atoms with Crippen LogP contribution in [-0.4, -0.2) is 35.0 Å². The second-order valence-corrected chi connectivity index (χ2v) is 3.52. The maximum atomic E-state index is 11.1. The van der Waals surface area contributed by atoms with Crippen LogP contribution in [0.1, 0.15) is 12.8 Å². The van der Waals surface area contributed by atoms with Gasteiger partial charge in [0.1, 0.15) is 0 Å². The molecule has 4 heteroatoms. The molecule has 0 radical (unpaired) electrons. The van der Waals surface area contributed by atoms with Gasteiger partial charge < -0.3 is 14.9 Å². The number of rotatable bonds is 0. The fourth-order valence-corrected chi connectivity index (χ4v) is 2.19. The number of carbonyl (C=O) groups excluding carboxylic acids is 1. The Kier molecular flexibility index (Phi) is 1.81. The highest BCUT2D eigenvalue weighted by Gasteiger charge is 2.48. The molecule has 0 bridgehead atoms. The lowest BCUT2D eigenvalue weighted by atomic mass is 9.89. The SMILES string of the molecule is O=C1OCC[C@@H]2[C@H]1[C@@H](O)C[C@H]2O. The number of fused-ring (bicyclic) bond motifs is 1. The largest absolute Gasteiger partial charge is 0.465 e. The number of ether oxygens (including phenoxy) is 1. The van der Waals surface area contributed by atoms with Crippen LogP contribution in [0, 0.1) is 11.8 Å². The summed E-state index contributed by atoms with van der Waals surface area (Å²) in [6.07, 6.45) is -0.255. The van der Waals surface area contributed by atoms with Crippen molar-refractivity contribution in [2.45, 2.75) is 25.0 Å². The molecule has 1 aliphatic heterocycles. The van der Waals surface area contributed by atoms with Crippen LogP contribution in [-0.2, 0) is 9.53 Å². The van der Waals surface area contributed by atoms with Crippen LogP contribution in [0.15, 0.2) is 0 Å². The highest BCUT2D eigenvalue weighted by atomic mass is 16.5. The smallest absolute Gasteiger partial charge is 0.311 e. The van der Waals surface area contributed by atoms with Crippen molar-refractivity contribution in [2.75, 3.05) is 6.61 Å². The molecule has 68 valence electrons. The zero-order valence-electron chi connectivity index (χ0n) is 6.64. The van der Waals surface area contributed by atoms with Crippen LogP contribution in [0.25, 0.3) is 0 Å². The standard InChI is InChI=1S/C8H12O4/c9-5-3-6(10)7-4(5)1-2-12-8(7)11/h4-7,9-10H,1-3H2/t4-,5+,6-,7-/m0/s1. The van der Waals surface area contributed by atoms with Gasteiger partial charge in [-0.05, 0) is 6.42 Å². The minimum Gasteiger partial charge on any atom is -0.465 e. The van der Waals surface area contributed by atoms with Crippen molar-refractivity contribution in [1.82, 2.24) is 0 Å². The number of cyclic esters (lactones) is 1. The van der Waals surface area contributed by atoms with Crippen molar-refractivity contribution in [2.24, 2.45) is 11.8 Å². The summed E-state index contributed by atoms with van der Waals surface area (Å²) in [7, 11) is 0. The molecule has 0 aromatic rings. The number of carbonyl (C=O) groups is 1. The van der Waals surface area contributed by atoms with Gasteiger partial charge in [0, 0.05) is 12.3 Å². The highest BCUT2D eigenvalue weighted by molar-refractivity contribution is 5.74. The predicted molar refractivity (Wildman–Crippen MR) is 39.2 cm³/mol. The first-order valence-corrected chi connectivity index (χ1v) is 4.23. The zero-order chi connectivity index (χ0) is 8.72. The summed E-state index contributed by atoms with van der Waals surface area (Å²) in [6.45, 7) is 0.379. The minimum absolute atomic E-state index is 0.0822. The Hall–Kier alpha value is -0.610. The van der Waals surface area contributed by atoms with E-state index in [2.05, 4.69) is 0 Å². The summed E-state index contributed by atoms with van der Waals surface area (Å²) < 4.78 is 4.80. The Morgan fingerprint density at radius 2 is 2.08 bits per heavy atom. The zero-order valence-corrected chi connectivity index (χ0v) is 6.64. The molecule has 1 aliphatic carbocycles. The Morgan fingerprint density at radius 3 is 2.75 bits per heavy atom. The molecule has 1 heterocycles. The third kappa shape index (κ3) is 1.03. The van der Waals surface area contributed by atoms with Gasteiger partial charge in [0.25, 0.3) is 0 Å². The third-order valence-electron chi connectivity index (χ3n) is 2.82. The van der Waals surface area contributed by atoms with Crippen molar-refractivity contribution >= 4 is 5.97 Å². The van der Waals surface area contributed by atoms with E-state index >= 15 is 0 Å². The molecule has 0 aromatic carbocycles. The quantitative estimate of drug-likeness (QED) is 0.474. The highest BCUT2D eigenvalue weighted by Crippen LogP contribution is 2.38. The molecule has 12 heavy (non-hydrogen) atoms. The van der Waals surface area contributed by atoms with Crippen LogP contribution in [0.5, 0.6) is 0 Å². The van der Waals surface area contributed by atoms with Gasteiger partial charge in [0.05, 0.1) is 24.7 Å². The number of aliphatic hydroxyl groups is 2. The normalized spacial score (nSPS) is 47.0. The van der Waals surface area contributed by atoms with E-state index in [9.17, 15) is 15.0 Å². The monoisotopic (exact) mass is 172 g/mol. The molecule has 0 unspecified atom stereocenters. The van der Waals surface area contributed by atoms with Gasteiger partial charge in [-0.2, -0.15) is 0 Å². The molecule has 4 atom stereocenters.